The molecule has 0 aliphatic carbocycles. The molecule has 0 aromatic carbocycles. The average Bonchev–Trinajstić information content (AvgIpc) is 2.79. The topological polar surface area (TPSA) is 42.4 Å². The van der Waals surface area contributed by atoms with Crippen molar-refractivity contribution in [1.82, 2.24) is 4.98 Å². The molecule has 0 bridgehead atoms. The third-order valence-corrected chi connectivity index (χ3v) is 4.93. The molecule has 19 heavy (non-hydrogen) atoms. The van der Waals surface area contributed by atoms with Gasteiger partial charge in [0.1, 0.15) is 11.3 Å². The number of fused-ring (bicyclic) bond motifs is 1. The van der Waals surface area contributed by atoms with E-state index >= 15 is 0 Å². The number of hydrogen-bond donors (Lipinski definition) is 1. The van der Waals surface area contributed by atoms with Gasteiger partial charge in [0.15, 0.2) is 0 Å². The van der Waals surface area contributed by atoms with Crippen molar-refractivity contribution in [2.45, 2.75) is 19.1 Å². The molecule has 2 aromatic heterocycles. The van der Waals surface area contributed by atoms with Crippen molar-refractivity contribution in [3.8, 4) is 0 Å². The van der Waals surface area contributed by atoms with E-state index < -0.39 is 0 Å². The molecule has 0 amide bonds. The van der Waals surface area contributed by atoms with Crippen molar-refractivity contribution < 1.29 is 9.84 Å². The summed E-state index contributed by atoms with van der Waals surface area (Å²) in [5.74, 6) is 0. The van der Waals surface area contributed by atoms with E-state index in [1.807, 2.05) is 11.4 Å². The summed E-state index contributed by atoms with van der Waals surface area (Å²) in [5, 5.41) is 12.2. The number of aliphatic hydroxyl groups is 1. The van der Waals surface area contributed by atoms with E-state index in [2.05, 4.69) is 4.98 Å². The van der Waals surface area contributed by atoms with Crippen LogP contribution in [-0.2, 0) is 17.8 Å². The largest absolute Gasteiger partial charge is 0.391 e. The summed E-state index contributed by atoms with van der Waals surface area (Å²) in [6.07, 6.45) is 2.39. The molecule has 6 heteroatoms. The lowest BCUT2D eigenvalue weighted by molar-refractivity contribution is 0.0699. The van der Waals surface area contributed by atoms with Crippen molar-refractivity contribution in [2.24, 2.45) is 0 Å². The minimum Gasteiger partial charge on any atom is -0.391 e. The second-order valence-electron chi connectivity index (χ2n) is 4.29. The first-order chi connectivity index (χ1) is 9.20. The van der Waals surface area contributed by atoms with Crippen LogP contribution in [0.2, 0.25) is 10.2 Å². The van der Waals surface area contributed by atoms with Crippen LogP contribution in [0.4, 0.5) is 0 Å². The molecular formula is C13H11Cl2NO2S. The van der Waals surface area contributed by atoms with E-state index in [1.54, 1.807) is 6.20 Å². The van der Waals surface area contributed by atoms with Crippen LogP contribution in [0.15, 0.2) is 17.6 Å². The van der Waals surface area contributed by atoms with Gasteiger partial charge in [0, 0.05) is 16.6 Å². The summed E-state index contributed by atoms with van der Waals surface area (Å²) >= 11 is 13.7. The van der Waals surface area contributed by atoms with Crippen LogP contribution < -0.4 is 0 Å². The second kappa shape index (κ2) is 5.38. The number of hydrogen-bond acceptors (Lipinski definition) is 4. The standard InChI is InChI=1S/C13H11Cl2NO2S/c14-11-3-8-7(4-16-11)1-2-18-13(8)9-6-19-10(5-17)12(9)15/h3-4,6,13,17H,1-2,5H2/t13-/m0/s1. The highest BCUT2D eigenvalue weighted by atomic mass is 35.5. The lowest BCUT2D eigenvalue weighted by atomic mass is 9.96. The van der Waals surface area contributed by atoms with Crippen molar-refractivity contribution in [2.75, 3.05) is 6.61 Å². The molecule has 0 saturated carbocycles. The van der Waals surface area contributed by atoms with Gasteiger partial charge >= 0.3 is 0 Å². The lowest BCUT2D eigenvalue weighted by Gasteiger charge is -2.25. The van der Waals surface area contributed by atoms with E-state index in [1.165, 1.54) is 11.3 Å². The summed E-state index contributed by atoms with van der Waals surface area (Å²) in [6, 6.07) is 1.83. The molecule has 0 radical (unpaired) electrons. The number of aliphatic hydroxyl groups excluding tert-OH is 1. The molecule has 1 N–H and O–H groups in total. The fourth-order valence-electron chi connectivity index (χ4n) is 2.24. The SMILES string of the molecule is OCc1scc([C@H]2OCCc3cnc(Cl)cc32)c1Cl. The Bertz CT molecular complexity index is 615. The van der Waals surface area contributed by atoms with Gasteiger partial charge in [0.25, 0.3) is 0 Å². The predicted octanol–water partition coefficient (Wildman–Crippen LogP) is 3.60. The molecule has 0 fully saturated rings. The first kappa shape index (κ1) is 13.3. The zero-order valence-corrected chi connectivity index (χ0v) is 12.2. The molecule has 3 heterocycles. The normalized spacial score (nSPS) is 18.4. The van der Waals surface area contributed by atoms with E-state index in [0.717, 1.165) is 28.0 Å². The minimum atomic E-state index is -0.228. The highest BCUT2D eigenvalue weighted by Gasteiger charge is 2.27. The number of halogens is 2. The summed E-state index contributed by atoms with van der Waals surface area (Å²) in [5.41, 5.74) is 3.03. The number of pyridine rings is 1. The molecule has 0 unspecified atom stereocenters. The van der Waals surface area contributed by atoms with Crippen LogP contribution in [0, 0.1) is 0 Å². The number of rotatable bonds is 2. The van der Waals surface area contributed by atoms with Crippen LogP contribution in [0.5, 0.6) is 0 Å². The molecule has 2 aromatic rings. The Kier molecular flexibility index (Phi) is 3.78. The molecule has 3 nitrogen and oxygen atoms in total. The Hall–Kier alpha value is -0.650. The summed E-state index contributed by atoms with van der Waals surface area (Å²) in [7, 11) is 0. The average molecular weight is 316 g/mol. The lowest BCUT2D eigenvalue weighted by Crippen LogP contribution is -2.17. The zero-order chi connectivity index (χ0) is 13.4. The Balaban J connectivity index is 2.07. The maximum atomic E-state index is 9.22. The Morgan fingerprint density at radius 3 is 3.00 bits per heavy atom. The van der Waals surface area contributed by atoms with Gasteiger partial charge in [0.2, 0.25) is 0 Å². The Morgan fingerprint density at radius 1 is 1.42 bits per heavy atom. The Morgan fingerprint density at radius 2 is 2.26 bits per heavy atom. The van der Waals surface area contributed by atoms with Crippen LogP contribution in [-0.4, -0.2) is 16.7 Å². The van der Waals surface area contributed by atoms with Crippen molar-refractivity contribution in [1.29, 1.82) is 0 Å². The van der Waals surface area contributed by atoms with Gasteiger partial charge in [-0.1, -0.05) is 23.2 Å². The monoisotopic (exact) mass is 315 g/mol. The maximum absolute atomic E-state index is 9.22. The predicted molar refractivity (Wildman–Crippen MR) is 76.0 cm³/mol. The van der Waals surface area contributed by atoms with Gasteiger partial charge in [-0.15, -0.1) is 11.3 Å². The molecule has 1 atom stereocenters. The summed E-state index contributed by atoms with van der Waals surface area (Å²) < 4.78 is 5.84. The van der Waals surface area contributed by atoms with Gasteiger partial charge in [-0.2, -0.15) is 0 Å². The third-order valence-electron chi connectivity index (χ3n) is 3.18. The molecule has 0 spiro atoms. The number of nitrogens with zero attached hydrogens (tertiary/aromatic N) is 1. The fraction of sp³-hybridized carbons (Fsp3) is 0.308. The number of ether oxygens (including phenoxy) is 1. The van der Waals surface area contributed by atoms with E-state index in [0.29, 0.717) is 16.8 Å². The van der Waals surface area contributed by atoms with Crippen LogP contribution in [0.3, 0.4) is 0 Å². The number of aromatic nitrogens is 1. The molecule has 3 rings (SSSR count). The first-order valence-corrected chi connectivity index (χ1v) is 7.46. The smallest absolute Gasteiger partial charge is 0.129 e. The first-order valence-electron chi connectivity index (χ1n) is 5.83. The minimum absolute atomic E-state index is 0.0554. The van der Waals surface area contributed by atoms with E-state index in [9.17, 15) is 5.11 Å². The fourth-order valence-corrected chi connectivity index (χ4v) is 3.63. The number of thiophene rings is 1. The highest BCUT2D eigenvalue weighted by Crippen LogP contribution is 2.40. The van der Waals surface area contributed by atoms with Crippen LogP contribution >= 0.6 is 34.5 Å². The summed E-state index contributed by atoms with van der Waals surface area (Å²) in [6.45, 7) is 0.571. The van der Waals surface area contributed by atoms with Gasteiger partial charge < -0.3 is 9.84 Å². The maximum Gasteiger partial charge on any atom is 0.129 e. The van der Waals surface area contributed by atoms with Crippen molar-refractivity contribution >= 4 is 34.5 Å². The Labute approximate surface area is 124 Å². The molecule has 100 valence electrons. The van der Waals surface area contributed by atoms with Gasteiger partial charge in [-0.3, -0.25) is 0 Å². The van der Waals surface area contributed by atoms with Crippen LogP contribution in [0.1, 0.15) is 27.7 Å². The molecule has 1 aliphatic heterocycles. The van der Waals surface area contributed by atoms with Gasteiger partial charge in [0.05, 0.1) is 18.2 Å². The molecule has 1 aliphatic rings. The quantitative estimate of drug-likeness (QED) is 0.861. The van der Waals surface area contributed by atoms with Gasteiger partial charge in [-0.25, -0.2) is 4.98 Å². The summed E-state index contributed by atoms with van der Waals surface area (Å²) in [4.78, 5) is 4.86. The van der Waals surface area contributed by atoms with Crippen molar-refractivity contribution in [3.05, 3.63) is 49.4 Å². The van der Waals surface area contributed by atoms with E-state index in [-0.39, 0.29) is 12.7 Å². The highest BCUT2D eigenvalue weighted by molar-refractivity contribution is 7.10. The van der Waals surface area contributed by atoms with E-state index in [4.69, 9.17) is 27.9 Å². The second-order valence-corrected chi connectivity index (χ2v) is 6.02. The van der Waals surface area contributed by atoms with Gasteiger partial charge in [-0.05, 0) is 29.0 Å². The third kappa shape index (κ3) is 2.39. The van der Waals surface area contributed by atoms with Crippen LogP contribution in [0.25, 0.3) is 0 Å². The molecule has 0 saturated heterocycles. The zero-order valence-electron chi connectivity index (χ0n) is 9.90. The molecular weight excluding hydrogens is 305 g/mol. The van der Waals surface area contributed by atoms with Crippen molar-refractivity contribution in [3.63, 3.8) is 0 Å².